The summed E-state index contributed by atoms with van der Waals surface area (Å²) >= 11 is 0. The van der Waals surface area contributed by atoms with Crippen LogP contribution in [0.4, 0.5) is 0 Å². The van der Waals surface area contributed by atoms with Crippen LogP contribution in [-0.2, 0) is 0 Å². The maximum atomic E-state index is 12.3. The first-order valence-electron chi connectivity index (χ1n) is 6.29. The molecule has 1 amide bonds. The molecule has 94 valence electrons. The summed E-state index contributed by atoms with van der Waals surface area (Å²) in [5.74, 6) is 0.538. The first-order chi connectivity index (χ1) is 8.61. The van der Waals surface area contributed by atoms with Crippen LogP contribution in [0.25, 0.3) is 0 Å². The number of hydrogen-bond acceptors (Lipinski definition) is 3. The van der Waals surface area contributed by atoms with Gasteiger partial charge in [0.2, 0.25) is 0 Å². The van der Waals surface area contributed by atoms with E-state index in [9.17, 15) is 4.79 Å². The summed E-state index contributed by atoms with van der Waals surface area (Å²) in [4.78, 5) is 18.4. The maximum absolute atomic E-state index is 12.3. The molecular formula is C14H17N3O. The topological polar surface area (TPSA) is 57.0 Å². The van der Waals surface area contributed by atoms with Crippen LogP contribution in [0, 0.1) is 24.2 Å². The number of carbonyl (C=O) groups is 1. The largest absolute Gasteiger partial charge is 0.337 e. The van der Waals surface area contributed by atoms with Crippen molar-refractivity contribution in [2.24, 2.45) is 5.92 Å². The van der Waals surface area contributed by atoms with E-state index in [1.165, 1.54) is 6.42 Å². The molecule has 1 aromatic heterocycles. The van der Waals surface area contributed by atoms with Crippen molar-refractivity contribution in [2.75, 3.05) is 13.1 Å². The third-order valence-electron chi connectivity index (χ3n) is 3.37. The summed E-state index contributed by atoms with van der Waals surface area (Å²) in [7, 11) is 0. The number of rotatable bonds is 1. The minimum atomic E-state index is -0.0193. The van der Waals surface area contributed by atoms with Crippen molar-refractivity contribution in [1.29, 1.82) is 5.26 Å². The van der Waals surface area contributed by atoms with Crippen molar-refractivity contribution in [3.8, 4) is 6.07 Å². The van der Waals surface area contributed by atoms with Gasteiger partial charge in [-0.1, -0.05) is 6.92 Å². The van der Waals surface area contributed by atoms with Crippen molar-refractivity contribution in [2.45, 2.75) is 26.7 Å². The molecule has 0 saturated carbocycles. The zero-order valence-electron chi connectivity index (χ0n) is 10.8. The second-order valence-corrected chi connectivity index (χ2v) is 4.94. The number of aromatic nitrogens is 1. The normalized spacial score (nSPS) is 19.4. The predicted molar refractivity (Wildman–Crippen MR) is 68.0 cm³/mol. The quantitative estimate of drug-likeness (QED) is 0.759. The average Bonchev–Trinajstić information content (AvgIpc) is 2.37. The average molecular weight is 243 g/mol. The zero-order valence-corrected chi connectivity index (χ0v) is 10.8. The molecule has 4 heteroatoms. The Balaban J connectivity index is 2.18. The molecule has 1 aromatic rings. The number of aryl methyl sites for hydroxylation is 1. The van der Waals surface area contributed by atoms with Gasteiger partial charge in [-0.2, -0.15) is 5.26 Å². The fraction of sp³-hybridized carbons (Fsp3) is 0.500. The number of carbonyl (C=O) groups excluding carboxylic acids is 1. The van der Waals surface area contributed by atoms with Crippen molar-refractivity contribution < 1.29 is 4.79 Å². The van der Waals surface area contributed by atoms with E-state index < -0.39 is 0 Å². The summed E-state index contributed by atoms with van der Waals surface area (Å²) in [6.07, 6.45) is 2.24. The zero-order chi connectivity index (χ0) is 13.1. The van der Waals surface area contributed by atoms with Crippen LogP contribution in [0.15, 0.2) is 12.1 Å². The van der Waals surface area contributed by atoms with Crippen LogP contribution in [0.1, 0.15) is 41.5 Å². The molecule has 0 spiro atoms. The number of piperidine rings is 1. The predicted octanol–water partition coefficient (Wildman–Crippen LogP) is 2.13. The molecule has 1 unspecified atom stereocenters. The summed E-state index contributed by atoms with van der Waals surface area (Å²) < 4.78 is 0. The summed E-state index contributed by atoms with van der Waals surface area (Å²) in [5.41, 5.74) is 1.59. The van der Waals surface area contributed by atoms with Crippen LogP contribution >= 0.6 is 0 Å². The lowest BCUT2D eigenvalue weighted by molar-refractivity contribution is 0.0677. The Morgan fingerprint density at radius 3 is 2.94 bits per heavy atom. The highest BCUT2D eigenvalue weighted by Gasteiger charge is 2.23. The molecule has 4 nitrogen and oxygen atoms in total. The van der Waals surface area contributed by atoms with Crippen molar-refractivity contribution in [3.05, 3.63) is 29.1 Å². The Hall–Kier alpha value is -1.89. The minimum Gasteiger partial charge on any atom is -0.337 e. The molecule has 0 N–H and O–H groups in total. The molecule has 1 aliphatic rings. The second-order valence-electron chi connectivity index (χ2n) is 4.94. The number of nitrogens with zero attached hydrogens (tertiary/aromatic N) is 3. The number of hydrogen-bond donors (Lipinski definition) is 0. The highest BCUT2D eigenvalue weighted by molar-refractivity contribution is 5.92. The molecule has 1 atom stereocenters. The van der Waals surface area contributed by atoms with Crippen molar-refractivity contribution >= 4 is 5.91 Å². The van der Waals surface area contributed by atoms with Gasteiger partial charge in [-0.15, -0.1) is 0 Å². The molecule has 18 heavy (non-hydrogen) atoms. The van der Waals surface area contributed by atoms with Gasteiger partial charge in [0.15, 0.2) is 0 Å². The monoisotopic (exact) mass is 243 g/mol. The number of nitriles is 1. The van der Waals surface area contributed by atoms with E-state index >= 15 is 0 Å². The Morgan fingerprint density at radius 2 is 2.33 bits per heavy atom. The Labute approximate surface area is 107 Å². The Bertz CT molecular complexity index is 504. The Morgan fingerprint density at radius 1 is 1.56 bits per heavy atom. The summed E-state index contributed by atoms with van der Waals surface area (Å²) in [5, 5.41) is 8.85. The third kappa shape index (κ3) is 2.51. The third-order valence-corrected chi connectivity index (χ3v) is 3.37. The molecular weight excluding hydrogens is 226 g/mol. The van der Waals surface area contributed by atoms with Gasteiger partial charge in [0, 0.05) is 13.1 Å². The van der Waals surface area contributed by atoms with Crippen LogP contribution in [0.2, 0.25) is 0 Å². The molecule has 2 heterocycles. The van der Waals surface area contributed by atoms with Gasteiger partial charge < -0.3 is 4.90 Å². The van der Waals surface area contributed by atoms with E-state index in [1.54, 1.807) is 19.1 Å². The highest BCUT2D eigenvalue weighted by Crippen LogP contribution is 2.17. The van der Waals surface area contributed by atoms with Gasteiger partial charge in [0.05, 0.1) is 11.3 Å². The van der Waals surface area contributed by atoms with Gasteiger partial charge in [0.25, 0.3) is 5.91 Å². The number of likely N-dealkylation sites (tertiary alicyclic amines) is 1. The molecule has 2 rings (SSSR count). The number of amides is 1. The molecule has 1 fully saturated rings. The molecule has 1 saturated heterocycles. The van der Waals surface area contributed by atoms with Crippen LogP contribution < -0.4 is 0 Å². The highest BCUT2D eigenvalue weighted by atomic mass is 16.2. The molecule has 0 radical (unpaired) electrons. The van der Waals surface area contributed by atoms with E-state index in [0.717, 1.165) is 19.5 Å². The first-order valence-corrected chi connectivity index (χ1v) is 6.29. The van der Waals surface area contributed by atoms with Crippen molar-refractivity contribution in [3.63, 3.8) is 0 Å². The van der Waals surface area contributed by atoms with Gasteiger partial charge in [-0.25, -0.2) is 4.98 Å². The van der Waals surface area contributed by atoms with Gasteiger partial charge >= 0.3 is 0 Å². The summed E-state index contributed by atoms with van der Waals surface area (Å²) in [6, 6.07) is 5.38. The smallest absolute Gasteiger partial charge is 0.272 e. The molecule has 0 bridgehead atoms. The fourth-order valence-corrected chi connectivity index (χ4v) is 2.33. The van der Waals surface area contributed by atoms with E-state index in [4.69, 9.17) is 5.26 Å². The van der Waals surface area contributed by atoms with Gasteiger partial charge in [-0.3, -0.25) is 4.79 Å². The lowest BCUT2D eigenvalue weighted by atomic mass is 10.00. The van der Waals surface area contributed by atoms with Gasteiger partial charge in [-0.05, 0) is 37.8 Å². The van der Waals surface area contributed by atoms with E-state index in [2.05, 4.69) is 18.0 Å². The van der Waals surface area contributed by atoms with Crippen LogP contribution in [-0.4, -0.2) is 28.9 Å². The molecule has 0 aliphatic carbocycles. The van der Waals surface area contributed by atoms with E-state index in [0.29, 0.717) is 22.9 Å². The van der Waals surface area contributed by atoms with E-state index in [-0.39, 0.29) is 5.91 Å². The number of pyridine rings is 1. The first kappa shape index (κ1) is 12.6. The van der Waals surface area contributed by atoms with E-state index in [1.807, 2.05) is 4.90 Å². The van der Waals surface area contributed by atoms with Crippen LogP contribution in [0.5, 0.6) is 0 Å². The lowest BCUT2D eigenvalue weighted by Crippen LogP contribution is -2.39. The fourth-order valence-electron chi connectivity index (χ4n) is 2.33. The second kappa shape index (κ2) is 5.18. The summed E-state index contributed by atoms with van der Waals surface area (Å²) in [6.45, 7) is 5.54. The molecule has 0 aromatic carbocycles. The maximum Gasteiger partial charge on any atom is 0.272 e. The van der Waals surface area contributed by atoms with Crippen LogP contribution in [0.3, 0.4) is 0 Å². The lowest BCUT2D eigenvalue weighted by Gasteiger charge is -2.30. The molecule has 1 aliphatic heterocycles. The van der Waals surface area contributed by atoms with Crippen molar-refractivity contribution in [1.82, 2.24) is 9.88 Å². The minimum absolute atomic E-state index is 0.0193. The Kier molecular flexibility index (Phi) is 3.61. The van der Waals surface area contributed by atoms with Gasteiger partial charge in [0.1, 0.15) is 11.8 Å². The standard InChI is InChI=1S/C14H17N3O/c1-10-4-3-7-17(9-10)14(18)13-6-5-12(8-15)11(2)16-13/h5-6,10H,3-4,7,9H2,1-2H3. The SMILES string of the molecule is Cc1nc(C(=O)N2CCCC(C)C2)ccc1C#N.